The molecule has 7 nitrogen and oxygen atoms in total. The Balaban J connectivity index is 2.08. The summed E-state index contributed by atoms with van der Waals surface area (Å²) < 4.78 is 13.6. The van der Waals surface area contributed by atoms with E-state index in [9.17, 15) is 4.79 Å². The van der Waals surface area contributed by atoms with E-state index >= 15 is 0 Å². The molecule has 0 bridgehead atoms. The van der Waals surface area contributed by atoms with Gasteiger partial charge in [-0.05, 0) is 63.6 Å². The molecule has 0 spiro atoms. The fourth-order valence-electron chi connectivity index (χ4n) is 3.44. The lowest BCUT2D eigenvalue weighted by molar-refractivity contribution is 0.192. The van der Waals surface area contributed by atoms with Gasteiger partial charge in [-0.2, -0.15) is 5.10 Å². The zero-order chi connectivity index (χ0) is 24.0. The van der Waals surface area contributed by atoms with Crippen molar-refractivity contribution < 1.29 is 14.3 Å². The maximum absolute atomic E-state index is 12.9. The Labute approximate surface area is 200 Å². The van der Waals surface area contributed by atoms with Crippen molar-refractivity contribution in [3.05, 3.63) is 64.8 Å². The minimum Gasteiger partial charge on any atom is -0.493 e. The van der Waals surface area contributed by atoms with E-state index in [-0.39, 0.29) is 12.1 Å². The van der Waals surface area contributed by atoms with Crippen LogP contribution in [0.1, 0.15) is 38.4 Å². The van der Waals surface area contributed by atoms with Crippen molar-refractivity contribution in [1.29, 1.82) is 0 Å². The van der Waals surface area contributed by atoms with Crippen molar-refractivity contribution >= 4 is 17.6 Å². The summed E-state index contributed by atoms with van der Waals surface area (Å²) in [5, 5.41) is 8.36. The number of methoxy groups -OCH3 is 1. The molecule has 2 aromatic carbocycles. The van der Waals surface area contributed by atoms with Crippen LogP contribution in [0.2, 0.25) is 5.02 Å². The Morgan fingerprint density at radius 1 is 1.15 bits per heavy atom. The number of aryl methyl sites for hydroxylation is 1. The molecule has 3 aromatic rings. The van der Waals surface area contributed by atoms with E-state index in [0.29, 0.717) is 35.5 Å². The number of carbonyl (C=O) groups excluding carboxylic acids is 1. The van der Waals surface area contributed by atoms with Gasteiger partial charge in [0.2, 0.25) is 5.88 Å². The number of hydrogen-bond donors (Lipinski definition) is 1. The van der Waals surface area contributed by atoms with E-state index in [0.717, 1.165) is 23.4 Å². The van der Waals surface area contributed by atoms with Gasteiger partial charge in [0.1, 0.15) is 0 Å². The van der Waals surface area contributed by atoms with E-state index in [4.69, 9.17) is 26.2 Å². The quantitative estimate of drug-likeness (QED) is 0.418. The first-order valence-electron chi connectivity index (χ1n) is 11.0. The lowest BCUT2D eigenvalue weighted by Gasteiger charge is -2.24. The number of halogens is 1. The molecule has 2 amide bonds. The van der Waals surface area contributed by atoms with Gasteiger partial charge in [0.15, 0.2) is 11.5 Å². The van der Waals surface area contributed by atoms with Crippen LogP contribution in [0, 0.1) is 6.92 Å². The summed E-state index contributed by atoms with van der Waals surface area (Å²) in [7, 11) is 1.60. The maximum Gasteiger partial charge on any atom is 0.317 e. The smallest absolute Gasteiger partial charge is 0.317 e. The third-order valence-corrected chi connectivity index (χ3v) is 5.28. The summed E-state index contributed by atoms with van der Waals surface area (Å²) in [4.78, 5) is 14.6. The molecular formula is C25H31ClN4O3. The van der Waals surface area contributed by atoms with Gasteiger partial charge < -0.3 is 19.7 Å². The summed E-state index contributed by atoms with van der Waals surface area (Å²) in [5.74, 6) is 1.69. The van der Waals surface area contributed by atoms with Crippen LogP contribution < -0.4 is 14.8 Å². The molecule has 0 aliphatic carbocycles. The summed E-state index contributed by atoms with van der Waals surface area (Å²) in [6, 6.07) is 14.7. The first-order chi connectivity index (χ1) is 15.8. The highest BCUT2D eigenvalue weighted by Crippen LogP contribution is 2.36. The Hall–Kier alpha value is -3.19. The Morgan fingerprint density at radius 2 is 1.82 bits per heavy atom. The van der Waals surface area contributed by atoms with E-state index in [1.807, 2.05) is 64.1 Å². The van der Waals surface area contributed by atoms with Crippen LogP contribution in [-0.2, 0) is 6.54 Å². The lowest BCUT2D eigenvalue weighted by Crippen LogP contribution is -2.43. The molecule has 176 valence electrons. The molecule has 1 N–H and O–H groups in total. The van der Waals surface area contributed by atoms with Gasteiger partial charge in [-0.3, -0.25) is 0 Å². The zero-order valence-electron chi connectivity index (χ0n) is 19.8. The third kappa shape index (κ3) is 5.99. The van der Waals surface area contributed by atoms with Crippen LogP contribution in [0.3, 0.4) is 0 Å². The van der Waals surface area contributed by atoms with Crippen molar-refractivity contribution in [1.82, 2.24) is 20.0 Å². The number of benzene rings is 2. The number of para-hydroxylation sites is 2. The highest BCUT2D eigenvalue weighted by molar-refractivity contribution is 6.30. The summed E-state index contributed by atoms with van der Waals surface area (Å²) in [6.07, 6.45) is 0.832. The molecule has 8 heteroatoms. The van der Waals surface area contributed by atoms with Crippen LogP contribution in [0.25, 0.3) is 5.69 Å². The lowest BCUT2D eigenvalue weighted by atomic mass is 10.2. The van der Waals surface area contributed by atoms with Crippen molar-refractivity contribution in [2.45, 2.75) is 46.7 Å². The standard InChI is InChI=1S/C25H31ClN4O3/c1-6-15-29(25(31)27-17(2)3)16-21-18(4)28-30(20-13-11-19(26)12-14-20)24(21)33-23-10-8-7-9-22(23)32-5/h7-14,17H,6,15-16H2,1-5H3,(H,27,31). The van der Waals surface area contributed by atoms with E-state index in [1.54, 1.807) is 28.8 Å². The second-order valence-electron chi connectivity index (χ2n) is 8.04. The molecule has 0 saturated carbocycles. The van der Waals surface area contributed by atoms with E-state index in [1.165, 1.54) is 0 Å². The molecule has 0 atom stereocenters. The Kier molecular flexibility index (Phi) is 8.22. The second-order valence-corrected chi connectivity index (χ2v) is 8.47. The van der Waals surface area contributed by atoms with Crippen LogP contribution in [-0.4, -0.2) is 40.4 Å². The van der Waals surface area contributed by atoms with Crippen molar-refractivity contribution in [3.63, 3.8) is 0 Å². The molecule has 3 rings (SSSR count). The van der Waals surface area contributed by atoms with Crippen LogP contribution >= 0.6 is 11.6 Å². The number of ether oxygens (including phenoxy) is 2. The predicted octanol–water partition coefficient (Wildman–Crippen LogP) is 5.97. The maximum atomic E-state index is 12.9. The third-order valence-electron chi connectivity index (χ3n) is 5.03. The molecule has 1 aromatic heterocycles. The predicted molar refractivity (Wildman–Crippen MR) is 131 cm³/mol. The van der Waals surface area contributed by atoms with Crippen molar-refractivity contribution in [2.24, 2.45) is 0 Å². The number of nitrogens with zero attached hydrogens (tertiary/aromatic N) is 3. The minimum absolute atomic E-state index is 0.0408. The summed E-state index contributed by atoms with van der Waals surface area (Å²) in [5.41, 5.74) is 2.39. The van der Waals surface area contributed by atoms with Gasteiger partial charge in [0, 0.05) is 17.6 Å². The topological polar surface area (TPSA) is 68.6 Å². The highest BCUT2D eigenvalue weighted by atomic mass is 35.5. The van der Waals surface area contributed by atoms with Gasteiger partial charge in [0.25, 0.3) is 0 Å². The molecule has 0 saturated heterocycles. The highest BCUT2D eigenvalue weighted by Gasteiger charge is 2.24. The summed E-state index contributed by atoms with van der Waals surface area (Å²) in [6.45, 7) is 8.83. The first-order valence-corrected chi connectivity index (χ1v) is 11.4. The number of rotatable bonds is 9. The normalized spacial score (nSPS) is 10.9. The molecule has 0 fully saturated rings. The number of carbonyl (C=O) groups is 1. The number of aromatic nitrogens is 2. The molecule has 0 unspecified atom stereocenters. The van der Waals surface area contributed by atoms with Gasteiger partial charge in [-0.1, -0.05) is 30.7 Å². The molecular weight excluding hydrogens is 440 g/mol. The summed E-state index contributed by atoms with van der Waals surface area (Å²) >= 11 is 6.10. The monoisotopic (exact) mass is 470 g/mol. The fourth-order valence-corrected chi connectivity index (χ4v) is 3.57. The number of urea groups is 1. The zero-order valence-corrected chi connectivity index (χ0v) is 20.5. The molecule has 0 radical (unpaired) electrons. The van der Waals surface area contributed by atoms with Gasteiger partial charge in [-0.25, -0.2) is 9.48 Å². The molecule has 1 heterocycles. The van der Waals surface area contributed by atoms with Gasteiger partial charge in [0.05, 0.1) is 30.6 Å². The van der Waals surface area contributed by atoms with Crippen LogP contribution in [0.5, 0.6) is 17.4 Å². The minimum atomic E-state index is -0.117. The van der Waals surface area contributed by atoms with E-state index in [2.05, 4.69) is 5.32 Å². The number of nitrogens with one attached hydrogen (secondary N) is 1. The first kappa shape index (κ1) is 24.5. The Morgan fingerprint density at radius 3 is 2.42 bits per heavy atom. The van der Waals surface area contributed by atoms with Gasteiger partial charge >= 0.3 is 6.03 Å². The molecule has 0 aliphatic rings. The van der Waals surface area contributed by atoms with E-state index < -0.39 is 0 Å². The number of hydrogen-bond acceptors (Lipinski definition) is 4. The van der Waals surface area contributed by atoms with Gasteiger partial charge in [-0.15, -0.1) is 0 Å². The molecule has 33 heavy (non-hydrogen) atoms. The van der Waals surface area contributed by atoms with Crippen molar-refractivity contribution in [2.75, 3.05) is 13.7 Å². The SMILES string of the molecule is CCCN(Cc1c(C)nn(-c2ccc(Cl)cc2)c1Oc1ccccc1OC)C(=O)NC(C)C. The van der Waals surface area contributed by atoms with Crippen molar-refractivity contribution in [3.8, 4) is 23.1 Å². The fraction of sp³-hybridized carbons (Fsp3) is 0.360. The van der Waals surface area contributed by atoms with Crippen LogP contribution in [0.15, 0.2) is 48.5 Å². The second kappa shape index (κ2) is 11.1. The average Bonchev–Trinajstić information content (AvgIpc) is 3.09. The number of amides is 2. The largest absolute Gasteiger partial charge is 0.493 e. The van der Waals surface area contributed by atoms with Crippen LogP contribution in [0.4, 0.5) is 4.79 Å². The molecule has 0 aliphatic heterocycles. The average molecular weight is 471 g/mol. The Bertz CT molecular complexity index is 1080.